The zero-order valence-corrected chi connectivity index (χ0v) is 15.4. The molecule has 5 rings (SSSR count). The Morgan fingerprint density at radius 2 is 2.08 bits per heavy atom. The van der Waals surface area contributed by atoms with Crippen LogP contribution < -0.4 is 4.90 Å². The first-order valence-electron chi connectivity index (χ1n) is 8.57. The van der Waals surface area contributed by atoms with Crippen molar-refractivity contribution in [1.29, 1.82) is 0 Å². The maximum atomic E-state index is 13.0. The third-order valence-corrected chi connectivity index (χ3v) is 7.10. The van der Waals surface area contributed by atoms with Gasteiger partial charge in [0.05, 0.1) is 16.1 Å². The Morgan fingerprint density at radius 1 is 1.16 bits per heavy atom. The monoisotopic (exact) mass is 370 g/mol. The van der Waals surface area contributed by atoms with Crippen LogP contribution in [0.5, 0.6) is 0 Å². The lowest BCUT2D eigenvalue weighted by atomic mass is 10.0. The normalized spacial score (nSPS) is 20.2. The maximum absolute atomic E-state index is 13.0. The minimum atomic E-state index is 0.0742. The van der Waals surface area contributed by atoms with Crippen molar-refractivity contribution in [2.75, 3.05) is 24.5 Å². The summed E-state index contributed by atoms with van der Waals surface area (Å²) in [4.78, 5) is 27.5. The summed E-state index contributed by atoms with van der Waals surface area (Å²) in [5, 5.41) is 4.19. The number of hydrogen-bond acceptors (Lipinski definition) is 6. The van der Waals surface area contributed by atoms with E-state index in [1.807, 2.05) is 27.7 Å². The van der Waals surface area contributed by atoms with E-state index in [1.165, 1.54) is 10.4 Å². The highest BCUT2D eigenvalue weighted by molar-refractivity contribution is 7.17. The number of rotatable bonds is 2. The van der Waals surface area contributed by atoms with Gasteiger partial charge in [-0.05, 0) is 41.3 Å². The van der Waals surface area contributed by atoms with Crippen molar-refractivity contribution in [2.45, 2.75) is 19.4 Å². The van der Waals surface area contributed by atoms with E-state index in [9.17, 15) is 4.79 Å². The quantitative estimate of drug-likeness (QED) is 0.695. The summed E-state index contributed by atoms with van der Waals surface area (Å²) in [5.74, 6) is 1.36. The molecule has 1 amide bonds. The summed E-state index contributed by atoms with van der Waals surface area (Å²) < 4.78 is 1.12. The average molecular weight is 371 g/mol. The molecule has 2 aliphatic rings. The number of carbonyl (C=O) groups is 1. The lowest BCUT2D eigenvalue weighted by Gasteiger charge is -2.29. The van der Waals surface area contributed by atoms with E-state index in [4.69, 9.17) is 0 Å². The first kappa shape index (κ1) is 15.3. The Bertz CT molecular complexity index is 934. The van der Waals surface area contributed by atoms with Crippen molar-refractivity contribution in [3.8, 4) is 0 Å². The van der Waals surface area contributed by atoms with Crippen molar-refractivity contribution in [1.82, 2.24) is 14.9 Å². The summed E-state index contributed by atoms with van der Waals surface area (Å²) in [7, 11) is 0. The Labute approximate surface area is 153 Å². The molecule has 0 bridgehead atoms. The predicted molar refractivity (Wildman–Crippen MR) is 101 cm³/mol. The molecule has 128 valence electrons. The van der Waals surface area contributed by atoms with Crippen molar-refractivity contribution in [3.05, 3.63) is 39.7 Å². The first-order valence-corrected chi connectivity index (χ1v) is 10.3. The van der Waals surface area contributed by atoms with Gasteiger partial charge in [-0.15, -0.1) is 22.7 Å². The van der Waals surface area contributed by atoms with Gasteiger partial charge in [-0.1, -0.05) is 0 Å². The van der Waals surface area contributed by atoms with Gasteiger partial charge in [-0.3, -0.25) is 4.79 Å². The molecule has 5 nitrogen and oxygen atoms in total. The summed E-state index contributed by atoms with van der Waals surface area (Å²) >= 11 is 3.48. The van der Waals surface area contributed by atoms with Crippen LogP contribution in [0.2, 0.25) is 0 Å². The Morgan fingerprint density at radius 3 is 3.04 bits per heavy atom. The standard InChI is InChI=1S/C18H18N4OS2/c23-18(22-6-2-15-12(9-22)3-7-24-15)13-1-5-21(10-13)17-16-14(4-8-25-16)19-11-20-17/h3-4,7-8,11,13H,1-2,5-6,9-10H2. The fourth-order valence-electron chi connectivity index (χ4n) is 3.85. The van der Waals surface area contributed by atoms with E-state index >= 15 is 0 Å². The first-order chi connectivity index (χ1) is 12.3. The second-order valence-electron chi connectivity index (χ2n) is 6.64. The van der Waals surface area contributed by atoms with Crippen molar-refractivity contribution in [2.24, 2.45) is 5.92 Å². The third kappa shape index (κ3) is 2.62. The highest BCUT2D eigenvalue weighted by Gasteiger charge is 2.34. The molecule has 3 aromatic heterocycles. The number of carbonyl (C=O) groups excluding carboxylic acids is 1. The van der Waals surface area contributed by atoms with Crippen molar-refractivity contribution < 1.29 is 4.79 Å². The summed E-state index contributed by atoms with van der Waals surface area (Å²) in [5.41, 5.74) is 2.32. The van der Waals surface area contributed by atoms with Gasteiger partial charge in [0.1, 0.15) is 12.1 Å². The van der Waals surface area contributed by atoms with Crippen LogP contribution in [0.25, 0.3) is 10.2 Å². The molecule has 1 fully saturated rings. The SMILES string of the molecule is O=C(C1CCN(c2ncnc3ccsc23)C1)N1CCc2sccc2C1. The number of aromatic nitrogens is 2. The second kappa shape index (κ2) is 6.07. The number of nitrogens with zero attached hydrogens (tertiary/aromatic N) is 4. The average Bonchev–Trinajstić information content (AvgIpc) is 3.39. The molecule has 25 heavy (non-hydrogen) atoms. The van der Waals surface area contributed by atoms with Gasteiger partial charge in [0, 0.05) is 31.1 Å². The smallest absolute Gasteiger partial charge is 0.227 e. The Balaban J connectivity index is 1.32. The second-order valence-corrected chi connectivity index (χ2v) is 8.56. The van der Waals surface area contributed by atoms with E-state index in [0.29, 0.717) is 5.91 Å². The number of thiophene rings is 2. The van der Waals surface area contributed by atoms with E-state index in [0.717, 1.165) is 55.1 Å². The predicted octanol–water partition coefficient (Wildman–Crippen LogP) is 3.16. The Hall–Kier alpha value is -1.99. The van der Waals surface area contributed by atoms with Gasteiger partial charge in [-0.25, -0.2) is 9.97 Å². The summed E-state index contributed by atoms with van der Waals surface area (Å²) in [6, 6.07) is 4.19. The minimum Gasteiger partial charge on any atom is -0.355 e. The highest BCUT2D eigenvalue weighted by Crippen LogP contribution is 2.32. The zero-order chi connectivity index (χ0) is 16.8. The molecule has 5 heterocycles. The van der Waals surface area contributed by atoms with Gasteiger partial charge >= 0.3 is 0 Å². The van der Waals surface area contributed by atoms with E-state index in [1.54, 1.807) is 17.7 Å². The molecule has 1 saturated heterocycles. The molecule has 0 radical (unpaired) electrons. The molecule has 1 atom stereocenters. The van der Waals surface area contributed by atoms with Crippen molar-refractivity contribution >= 4 is 44.6 Å². The minimum absolute atomic E-state index is 0.0742. The topological polar surface area (TPSA) is 49.3 Å². The molecular formula is C18H18N4OS2. The zero-order valence-electron chi connectivity index (χ0n) is 13.7. The molecule has 2 aliphatic heterocycles. The van der Waals surface area contributed by atoms with Gasteiger partial charge < -0.3 is 9.80 Å². The summed E-state index contributed by atoms with van der Waals surface area (Å²) in [6.07, 6.45) is 3.53. The number of fused-ring (bicyclic) bond motifs is 2. The van der Waals surface area contributed by atoms with Crippen LogP contribution in [0.15, 0.2) is 29.2 Å². The van der Waals surface area contributed by atoms with Crippen LogP contribution in [-0.4, -0.2) is 40.4 Å². The maximum Gasteiger partial charge on any atom is 0.227 e. The summed E-state index contributed by atoms with van der Waals surface area (Å²) in [6.45, 7) is 3.27. The molecule has 0 N–H and O–H groups in total. The van der Waals surface area contributed by atoms with Crippen LogP contribution in [-0.2, 0) is 17.8 Å². The van der Waals surface area contributed by atoms with Gasteiger partial charge in [0.2, 0.25) is 5.91 Å². The largest absolute Gasteiger partial charge is 0.355 e. The van der Waals surface area contributed by atoms with Crippen LogP contribution >= 0.6 is 22.7 Å². The third-order valence-electron chi connectivity index (χ3n) is 5.18. The van der Waals surface area contributed by atoms with E-state index < -0.39 is 0 Å². The number of amides is 1. The van der Waals surface area contributed by atoms with Crippen LogP contribution in [0, 0.1) is 5.92 Å². The fourth-order valence-corrected chi connectivity index (χ4v) is 5.60. The number of hydrogen-bond donors (Lipinski definition) is 0. The Kier molecular flexibility index (Phi) is 3.71. The van der Waals surface area contributed by atoms with Gasteiger partial charge in [-0.2, -0.15) is 0 Å². The van der Waals surface area contributed by atoms with Crippen LogP contribution in [0.4, 0.5) is 5.82 Å². The van der Waals surface area contributed by atoms with E-state index in [-0.39, 0.29) is 5.92 Å². The molecule has 0 aromatic carbocycles. The molecule has 0 saturated carbocycles. The molecule has 7 heteroatoms. The molecule has 3 aromatic rings. The van der Waals surface area contributed by atoms with Crippen LogP contribution in [0.3, 0.4) is 0 Å². The molecule has 0 spiro atoms. The van der Waals surface area contributed by atoms with E-state index in [2.05, 4.69) is 26.3 Å². The fraction of sp³-hybridized carbons (Fsp3) is 0.389. The highest BCUT2D eigenvalue weighted by atomic mass is 32.1. The molecule has 0 aliphatic carbocycles. The van der Waals surface area contributed by atoms with Gasteiger partial charge in [0.15, 0.2) is 0 Å². The lowest BCUT2D eigenvalue weighted by molar-refractivity contribution is -0.135. The lowest BCUT2D eigenvalue weighted by Crippen LogP contribution is -2.40. The molecule has 1 unspecified atom stereocenters. The van der Waals surface area contributed by atoms with Crippen LogP contribution in [0.1, 0.15) is 16.9 Å². The van der Waals surface area contributed by atoms with Crippen molar-refractivity contribution in [3.63, 3.8) is 0 Å². The van der Waals surface area contributed by atoms with Gasteiger partial charge in [0.25, 0.3) is 0 Å². The number of anilines is 1. The molecular weight excluding hydrogens is 352 g/mol.